The second-order valence-corrected chi connectivity index (χ2v) is 7.35. The highest BCUT2D eigenvalue weighted by molar-refractivity contribution is 5.10. The quantitative estimate of drug-likeness (QED) is 0.808. The number of morpholine rings is 1. The lowest BCUT2D eigenvalue weighted by Gasteiger charge is -2.32. The van der Waals surface area contributed by atoms with Crippen molar-refractivity contribution in [1.29, 1.82) is 0 Å². The third kappa shape index (κ3) is 4.11. The zero-order chi connectivity index (χ0) is 17.8. The summed E-state index contributed by atoms with van der Waals surface area (Å²) in [5.74, 6) is 2.65. The SMILES string of the molecule is Cn1c(CN2CCOCC2)nnc1[C@@H]1CCCN(Cc2ccncc2)C1. The molecule has 0 bridgehead atoms. The predicted octanol–water partition coefficient (Wildman–Crippen LogP) is 1.42. The van der Waals surface area contributed by atoms with Gasteiger partial charge in [-0.25, -0.2) is 0 Å². The van der Waals surface area contributed by atoms with Crippen molar-refractivity contribution in [2.45, 2.75) is 31.8 Å². The molecule has 0 aliphatic carbocycles. The molecule has 7 nitrogen and oxygen atoms in total. The summed E-state index contributed by atoms with van der Waals surface area (Å²) in [5, 5.41) is 9.06. The molecule has 0 N–H and O–H groups in total. The molecule has 0 unspecified atom stereocenters. The first-order valence-electron chi connectivity index (χ1n) is 9.59. The molecule has 2 aromatic heterocycles. The van der Waals surface area contributed by atoms with Gasteiger partial charge in [0, 0.05) is 51.5 Å². The Morgan fingerprint density at radius 1 is 1.04 bits per heavy atom. The third-order valence-electron chi connectivity index (χ3n) is 5.49. The summed E-state index contributed by atoms with van der Waals surface area (Å²) in [5.41, 5.74) is 1.33. The monoisotopic (exact) mass is 356 g/mol. The summed E-state index contributed by atoms with van der Waals surface area (Å²) >= 11 is 0. The summed E-state index contributed by atoms with van der Waals surface area (Å²) in [7, 11) is 2.12. The number of ether oxygens (including phenoxy) is 1. The molecule has 0 radical (unpaired) electrons. The van der Waals surface area contributed by atoms with Gasteiger partial charge in [-0.2, -0.15) is 0 Å². The van der Waals surface area contributed by atoms with Gasteiger partial charge in [0.05, 0.1) is 19.8 Å². The highest BCUT2D eigenvalue weighted by atomic mass is 16.5. The summed E-state index contributed by atoms with van der Waals surface area (Å²) in [6.07, 6.45) is 6.15. The first-order valence-corrected chi connectivity index (χ1v) is 9.59. The lowest BCUT2D eigenvalue weighted by atomic mass is 9.96. The van der Waals surface area contributed by atoms with Crippen molar-refractivity contribution in [2.75, 3.05) is 39.4 Å². The van der Waals surface area contributed by atoms with Crippen LogP contribution in [0.25, 0.3) is 0 Å². The number of pyridine rings is 1. The van der Waals surface area contributed by atoms with E-state index < -0.39 is 0 Å². The number of likely N-dealkylation sites (tertiary alicyclic amines) is 1. The molecule has 0 saturated carbocycles. The zero-order valence-corrected chi connectivity index (χ0v) is 15.5. The van der Waals surface area contributed by atoms with Crippen LogP contribution in [0.3, 0.4) is 0 Å². The molecule has 0 spiro atoms. The number of aromatic nitrogens is 4. The molecule has 2 fully saturated rings. The maximum Gasteiger partial charge on any atom is 0.146 e. The van der Waals surface area contributed by atoms with Crippen molar-refractivity contribution >= 4 is 0 Å². The number of hydrogen-bond acceptors (Lipinski definition) is 6. The highest BCUT2D eigenvalue weighted by Crippen LogP contribution is 2.27. The van der Waals surface area contributed by atoms with Gasteiger partial charge in [-0.05, 0) is 37.1 Å². The van der Waals surface area contributed by atoms with E-state index in [4.69, 9.17) is 4.74 Å². The molecule has 1 atom stereocenters. The smallest absolute Gasteiger partial charge is 0.146 e. The first-order chi connectivity index (χ1) is 12.8. The van der Waals surface area contributed by atoms with Crippen LogP contribution < -0.4 is 0 Å². The predicted molar refractivity (Wildman–Crippen MR) is 98.6 cm³/mol. The fourth-order valence-electron chi connectivity index (χ4n) is 3.98. The standard InChI is InChI=1S/C19H28N6O/c1-23-18(15-24-9-11-26-12-10-24)21-22-19(23)17-3-2-8-25(14-17)13-16-4-6-20-7-5-16/h4-7,17H,2-3,8-15H2,1H3/t17-/m1/s1. The number of rotatable bonds is 5. The zero-order valence-electron chi connectivity index (χ0n) is 15.5. The summed E-state index contributed by atoms with van der Waals surface area (Å²) in [6, 6.07) is 4.21. The van der Waals surface area contributed by atoms with E-state index >= 15 is 0 Å². The van der Waals surface area contributed by atoms with Crippen LogP contribution in [-0.4, -0.2) is 68.9 Å². The van der Waals surface area contributed by atoms with E-state index in [0.717, 1.165) is 64.1 Å². The van der Waals surface area contributed by atoms with Gasteiger partial charge < -0.3 is 9.30 Å². The second kappa shape index (κ2) is 8.24. The van der Waals surface area contributed by atoms with Gasteiger partial charge in [-0.15, -0.1) is 10.2 Å². The Bertz CT molecular complexity index is 697. The van der Waals surface area contributed by atoms with Crippen molar-refractivity contribution < 1.29 is 4.74 Å². The Kier molecular flexibility index (Phi) is 5.57. The highest BCUT2D eigenvalue weighted by Gasteiger charge is 2.26. The van der Waals surface area contributed by atoms with Gasteiger partial charge >= 0.3 is 0 Å². The topological polar surface area (TPSA) is 59.3 Å². The Morgan fingerprint density at radius 2 is 1.85 bits per heavy atom. The molecule has 140 valence electrons. The van der Waals surface area contributed by atoms with Gasteiger partial charge in [0.25, 0.3) is 0 Å². The normalized spacial score (nSPS) is 22.6. The van der Waals surface area contributed by atoms with Crippen molar-refractivity contribution in [3.8, 4) is 0 Å². The van der Waals surface area contributed by atoms with Gasteiger partial charge in [0.2, 0.25) is 0 Å². The van der Waals surface area contributed by atoms with Gasteiger partial charge in [-0.1, -0.05) is 0 Å². The fraction of sp³-hybridized carbons (Fsp3) is 0.632. The molecule has 26 heavy (non-hydrogen) atoms. The van der Waals surface area contributed by atoms with Crippen LogP contribution >= 0.6 is 0 Å². The molecule has 2 aromatic rings. The van der Waals surface area contributed by atoms with Gasteiger partial charge in [-0.3, -0.25) is 14.8 Å². The minimum absolute atomic E-state index is 0.460. The Hall–Kier alpha value is -1.83. The van der Waals surface area contributed by atoms with E-state index in [0.29, 0.717) is 5.92 Å². The molecule has 0 aromatic carbocycles. The summed E-state index contributed by atoms with van der Waals surface area (Å²) in [4.78, 5) is 9.04. The van der Waals surface area contributed by atoms with Gasteiger partial charge in [0.15, 0.2) is 0 Å². The van der Waals surface area contributed by atoms with Crippen LogP contribution in [0.1, 0.15) is 36.0 Å². The van der Waals surface area contributed by atoms with Gasteiger partial charge in [0.1, 0.15) is 11.6 Å². The van der Waals surface area contributed by atoms with Crippen LogP contribution in [0.4, 0.5) is 0 Å². The molecule has 2 saturated heterocycles. The van der Waals surface area contributed by atoms with E-state index in [2.05, 4.69) is 48.7 Å². The van der Waals surface area contributed by atoms with E-state index in [1.807, 2.05) is 12.4 Å². The van der Waals surface area contributed by atoms with E-state index in [1.54, 1.807) is 0 Å². The molecule has 7 heteroatoms. The lowest BCUT2D eigenvalue weighted by molar-refractivity contribution is 0.0326. The molecule has 0 amide bonds. The number of nitrogens with zero attached hydrogens (tertiary/aromatic N) is 6. The first kappa shape index (κ1) is 17.6. The molecule has 2 aliphatic heterocycles. The van der Waals surface area contributed by atoms with Crippen LogP contribution in [-0.2, 0) is 24.9 Å². The van der Waals surface area contributed by atoms with E-state index in [9.17, 15) is 0 Å². The molecular formula is C19H28N6O. The summed E-state index contributed by atoms with van der Waals surface area (Å²) in [6.45, 7) is 7.63. The van der Waals surface area contributed by atoms with Crippen molar-refractivity contribution in [1.82, 2.24) is 29.5 Å². The van der Waals surface area contributed by atoms with Crippen LogP contribution in [0, 0.1) is 0 Å². The fourth-order valence-corrected chi connectivity index (χ4v) is 3.98. The average molecular weight is 356 g/mol. The summed E-state index contributed by atoms with van der Waals surface area (Å²) < 4.78 is 7.65. The average Bonchev–Trinajstić information content (AvgIpc) is 3.04. The Labute approximate surface area is 155 Å². The van der Waals surface area contributed by atoms with Crippen molar-refractivity contribution in [3.05, 3.63) is 41.7 Å². The second-order valence-electron chi connectivity index (χ2n) is 7.35. The van der Waals surface area contributed by atoms with E-state index in [1.165, 1.54) is 18.4 Å². The molecule has 2 aliphatic rings. The largest absolute Gasteiger partial charge is 0.379 e. The molecule has 4 heterocycles. The van der Waals surface area contributed by atoms with Crippen molar-refractivity contribution in [3.63, 3.8) is 0 Å². The molecule has 4 rings (SSSR count). The Morgan fingerprint density at radius 3 is 2.65 bits per heavy atom. The number of piperidine rings is 1. The maximum atomic E-state index is 5.43. The minimum Gasteiger partial charge on any atom is -0.379 e. The van der Waals surface area contributed by atoms with E-state index in [-0.39, 0.29) is 0 Å². The number of hydrogen-bond donors (Lipinski definition) is 0. The minimum atomic E-state index is 0.460. The van der Waals surface area contributed by atoms with Crippen LogP contribution in [0.5, 0.6) is 0 Å². The molecular weight excluding hydrogens is 328 g/mol. The third-order valence-corrected chi connectivity index (χ3v) is 5.49. The Balaban J connectivity index is 1.40. The van der Waals surface area contributed by atoms with Crippen LogP contribution in [0.2, 0.25) is 0 Å². The van der Waals surface area contributed by atoms with Crippen molar-refractivity contribution in [2.24, 2.45) is 7.05 Å². The lowest BCUT2D eigenvalue weighted by Crippen LogP contribution is -2.36. The maximum absolute atomic E-state index is 5.43. The van der Waals surface area contributed by atoms with Crippen LogP contribution in [0.15, 0.2) is 24.5 Å².